The van der Waals surface area contributed by atoms with Crippen molar-refractivity contribution < 1.29 is 19.1 Å². The monoisotopic (exact) mass is 389 g/mol. The van der Waals surface area contributed by atoms with Crippen LogP contribution in [0, 0.1) is 5.41 Å². The first-order valence-electron chi connectivity index (χ1n) is 9.62. The minimum absolute atomic E-state index is 0.134. The molecule has 1 aliphatic carbocycles. The highest BCUT2D eigenvalue weighted by atomic mass is 16.5. The molecule has 4 aliphatic rings. The van der Waals surface area contributed by atoms with E-state index in [1.807, 2.05) is 0 Å². The van der Waals surface area contributed by atoms with Crippen LogP contribution in [0.25, 0.3) is 0 Å². The fraction of sp³-hybridized carbons (Fsp3) is 0.684. The normalized spacial score (nSPS) is 29.8. The molecule has 3 saturated heterocycles. The van der Waals surface area contributed by atoms with Crippen molar-refractivity contribution in [3.05, 3.63) is 18.1 Å². The van der Waals surface area contributed by atoms with Crippen LogP contribution in [0.1, 0.15) is 36.2 Å². The molecular weight excluding hydrogens is 362 g/mol. The largest absolute Gasteiger partial charge is 0.481 e. The molecular formula is C19H27N5O4. The number of hydrogen-bond acceptors (Lipinski definition) is 7. The van der Waals surface area contributed by atoms with Crippen LogP contribution in [0.2, 0.25) is 0 Å². The van der Waals surface area contributed by atoms with Gasteiger partial charge in [0, 0.05) is 26.7 Å². The molecule has 0 unspecified atom stereocenters. The average Bonchev–Trinajstić information content (AvgIpc) is 3.10. The molecule has 1 saturated carbocycles. The van der Waals surface area contributed by atoms with E-state index >= 15 is 0 Å². The lowest BCUT2D eigenvalue weighted by Crippen LogP contribution is -2.61. The number of aromatic nitrogens is 2. The van der Waals surface area contributed by atoms with E-state index in [4.69, 9.17) is 9.47 Å². The van der Waals surface area contributed by atoms with Crippen LogP contribution < -0.4 is 15.4 Å². The van der Waals surface area contributed by atoms with Crippen molar-refractivity contribution in [2.24, 2.45) is 5.41 Å². The second-order valence-electron chi connectivity index (χ2n) is 8.29. The highest BCUT2D eigenvalue weighted by Gasteiger charge is 2.77. The predicted molar refractivity (Wildman–Crippen MR) is 99.9 cm³/mol. The van der Waals surface area contributed by atoms with Crippen molar-refractivity contribution >= 4 is 11.8 Å². The van der Waals surface area contributed by atoms with Gasteiger partial charge >= 0.3 is 0 Å². The third-order valence-electron chi connectivity index (χ3n) is 6.41. The van der Waals surface area contributed by atoms with Crippen LogP contribution >= 0.6 is 0 Å². The molecule has 2 N–H and O–H groups in total. The van der Waals surface area contributed by atoms with Gasteiger partial charge in [-0.25, -0.2) is 9.97 Å². The Labute approximate surface area is 164 Å². The number of carbonyl (C=O) groups is 2. The number of piperidine rings is 1. The van der Waals surface area contributed by atoms with E-state index in [9.17, 15) is 9.59 Å². The fourth-order valence-corrected chi connectivity index (χ4v) is 5.21. The average molecular weight is 389 g/mol. The molecule has 3 aliphatic heterocycles. The summed E-state index contributed by atoms with van der Waals surface area (Å²) in [6.45, 7) is 2.03. The molecule has 2 amide bonds. The number of rotatable bonds is 5. The van der Waals surface area contributed by atoms with Crippen molar-refractivity contribution in [2.75, 3.05) is 40.8 Å². The van der Waals surface area contributed by atoms with Gasteiger partial charge in [0.1, 0.15) is 12.0 Å². The first-order chi connectivity index (χ1) is 13.4. The molecule has 0 radical (unpaired) electrons. The summed E-state index contributed by atoms with van der Waals surface area (Å²) in [7, 11) is 5.09. The van der Waals surface area contributed by atoms with E-state index in [1.54, 1.807) is 19.0 Å². The zero-order valence-electron chi connectivity index (χ0n) is 16.6. The van der Waals surface area contributed by atoms with E-state index in [0.29, 0.717) is 25.3 Å². The number of nitrogens with one attached hydrogen (secondary N) is 2. The lowest BCUT2D eigenvalue weighted by molar-refractivity contribution is -0.149. The summed E-state index contributed by atoms with van der Waals surface area (Å²) in [5.74, 6) is 0.166. The third-order valence-corrected chi connectivity index (χ3v) is 6.41. The number of carbonyl (C=O) groups excluding carboxylic acids is 2. The molecule has 0 atom stereocenters. The molecule has 0 aromatic carbocycles. The van der Waals surface area contributed by atoms with Crippen LogP contribution in [-0.4, -0.2) is 78.7 Å². The first kappa shape index (κ1) is 19.1. The molecule has 1 aromatic rings. The first-order valence-corrected chi connectivity index (χ1v) is 9.62. The Balaban J connectivity index is 1.49. The summed E-state index contributed by atoms with van der Waals surface area (Å²) in [5.41, 5.74) is -1.17. The second kappa shape index (κ2) is 6.66. The van der Waals surface area contributed by atoms with E-state index < -0.39 is 16.6 Å². The maximum absolute atomic E-state index is 13.1. The lowest BCUT2D eigenvalue weighted by atomic mass is 9.53. The zero-order chi connectivity index (χ0) is 20.0. The predicted octanol–water partition coefficient (Wildman–Crippen LogP) is -0.0254. The molecule has 4 fully saturated rings. The lowest BCUT2D eigenvalue weighted by Gasteiger charge is -2.49. The Morgan fingerprint density at radius 3 is 2.64 bits per heavy atom. The molecule has 28 heavy (non-hydrogen) atoms. The van der Waals surface area contributed by atoms with Crippen LogP contribution in [0.3, 0.4) is 0 Å². The molecule has 1 aromatic heterocycles. The highest BCUT2D eigenvalue weighted by Crippen LogP contribution is 2.69. The molecule has 5 rings (SSSR count). The van der Waals surface area contributed by atoms with E-state index in [1.165, 1.54) is 19.5 Å². The number of ether oxygens (including phenoxy) is 2. The summed E-state index contributed by atoms with van der Waals surface area (Å²) < 4.78 is 11.6. The van der Waals surface area contributed by atoms with Crippen molar-refractivity contribution in [1.29, 1.82) is 0 Å². The highest BCUT2D eigenvalue weighted by molar-refractivity contribution is 5.92. The summed E-state index contributed by atoms with van der Waals surface area (Å²) in [6, 6.07) is 1.50. The van der Waals surface area contributed by atoms with Crippen LogP contribution in [-0.2, 0) is 9.53 Å². The molecule has 2 bridgehead atoms. The molecule has 1 spiro atoms. The van der Waals surface area contributed by atoms with Gasteiger partial charge in [0.25, 0.3) is 5.91 Å². The topological polar surface area (TPSA) is 106 Å². The molecule has 9 nitrogen and oxygen atoms in total. The van der Waals surface area contributed by atoms with E-state index in [2.05, 4.69) is 20.6 Å². The van der Waals surface area contributed by atoms with Gasteiger partial charge in [-0.15, -0.1) is 0 Å². The van der Waals surface area contributed by atoms with Crippen LogP contribution in [0.4, 0.5) is 0 Å². The SMILES string of the molecule is COc1cc(C(=O)NCC23CC(C(=O)N(C)C)(C2)C2(CCNCC2)O3)ncn1. The summed E-state index contributed by atoms with van der Waals surface area (Å²) in [6.07, 6.45) is 4.21. The van der Waals surface area contributed by atoms with Crippen LogP contribution in [0.5, 0.6) is 5.88 Å². The van der Waals surface area contributed by atoms with Gasteiger partial charge in [-0.2, -0.15) is 0 Å². The third kappa shape index (κ3) is 2.76. The van der Waals surface area contributed by atoms with Crippen molar-refractivity contribution in [3.8, 4) is 5.88 Å². The zero-order valence-corrected chi connectivity index (χ0v) is 16.6. The number of methoxy groups -OCH3 is 1. The summed E-state index contributed by atoms with van der Waals surface area (Å²) >= 11 is 0. The second-order valence-corrected chi connectivity index (χ2v) is 8.29. The number of nitrogens with zero attached hydrogens (tertiary/aromatic N) is 3. The number of amides is 2. The molecule has 152 valence electrons. The Bertz CT molecular complexity index is 784. The van der Waals surface area contributed by atoms with Gasteiger partial charge < -0.3 is 25.0 Å². The van der Waals surface area contributed by atoms with E-state index in [0.717, 1.165) is 25.9 Å². The van der Waals surface area contributed by atoms with Gasteiger partial charge in [-0.1, -0.05) is 0 Å². The van der Waals surface area contributed by atoms with Gasteiger partial charge in [0.15, 0.2) is 0 Å². The summed E-state index contributed by atoms with van der Waals surface area (Å²) in [5, 5.41) is 6.28. The quantitative estimate of drug-likeness (QED) is 0.729. The van der Waals surface area contributed by atoms with Gasteiger partial charge in [0.05, 0.1) is 23.7 Å². The smallest absolute Gasteiger partial charge is 0.270 e. The molecule has 4 heterocycles. The Hall–Kier alpha value is -2.26. The molecule has 9 heteroatoms. The maximum atomic E-state index is 13.1. The Morgan fingerprint density at radius 2 is 2.00 bits per heavy atom. The van der Waals surface area contributed by atoms with Crippen molar-refractivity contribution in [2.45, 2.75) is 36.9 Å². The summed E-state index contributed by atoms with van der Waals surface area (Å²) in [4.78, 5) is 35.2. The Kier molecular flexibility index (Phi) is 4.54. The van der Waals surface area contributed by atoms with Crippen molar-refractivity contribution in [1.82, 2.24) is 25.5 Å². The van der Waals surface area contributed by atoms with Crippen LogP contribution in [0.15, 0.2) is 12.4 Å². The minimum Gasteiger partial charge on any atom is -0.481 e. The Morgan fingerprint density at radius 1 is 1.29 bits per heavy atom. The number of hydrogen-bond donors (Lipinski definition) is 2. The standard InChI is InChI=1S/C19H27N5O4/c1-24(2)16(26)18-9-17(10-18,28-19(18)4-6-20-7-5-19)11-21-15(25)13-8-14(27-3)23-12-22-13/h8,12,20H,4-7,9-11H2,1-3H3,(H,21,25). The van der Waals surface area contributed by atoms with Gasteiger partial charge in [-0.3, -0.25) is 9.59 Å². The van der Waals surface area contributed by atoms with E-state index in [-0.39, 0.29) is 17.5 Å². The minimum atomic E-state index is -0.490. The van der Waals surface area contributed by atoms with Gasteiger partial charge in [-0.05, 0) is 38.8 Å². The maximum Gasteiger partial charge on any atom is 0.270 e. The van der Waals surface area contributed by atoms with Crippen molar-refractivity contribution in [3.63, 3.8) is 0 Å². The fourth-order valence-electron chi connectivity index (χ4n) is 5.21. The van der Waals surface area contributed by atoms with Gasteiger partial charge in [0.2, 0.25) is 11.8 Å².